The number of nitrogens with one attached hydrogen (secondary N) is 1. The van der Waals surface area contributed by atoms with Crippen molar-refractivity contribution in [2.45, 2.75) is 17.7 Å². The molecule has 0 fully saturated rings. The van der Waals surface area contributed by atoms with Crippen molar-refractivity contribution >= 4 is 44.6 Å². The molecule has 9 heteroatoms. The van der Waals surface area contributed by atoms with Gasteiger partial charge in [-0.3, -0.25) is 0 Å². The Morgan fingerprint density at radius 1 is 1.40 bits per heavy atom. The number of pyridine rings is 1. The van der Waals surface area contributed by atoms with Crippen LogP contribution in [-0.2, 0) is 10.0 Å². The minimum atomic E-state index is -3.66. The molecule has 2 rings (SSSR count). The van der Waals surface area contributed by atoms with E-state index in [-0.39, 0.29) is 27.5 Å². The van der Waals surface area contributed by atoms with E-state index in [1.54, 1.807) is 6.20 Å². The van der Waals surface area contributed by atoms with Crippen molar-refractivity contribution in [3.63, 3.8) is 0 Å². The summed E-state index contributed by atoms with van der Waals surface area (Å²) in [5.74, 6) is -0.0134. The summed E-state index contributed by atoms with van der Waals surface area (Å²) in [6.07, 6.45) is 2.86. The van der Waals surface area contributed by atoms with Gasteiger partial charge in [0.05, 0.1) is 10.0 Å². The van der Waals surface area contributed by atoms with Crippen molar-refractivity contribution in [1.29, 1.82) is 0 Å². The highest BCUT2D eigenvalue weighted by molar-refractivity contribution is 7.89. The Kier molecular flexibility index (Phi) is 4.98. The van der Waals surface area contributed by atoms with E-state index in [1.165, 1.54) is 23.6 Å². The molecular weight excluding hydrogens is 341 g/mol. The summed E-state index contributed by atoms with van der Waals surface area (Å²) >= 11 is 12.9. The molecule has 1 atom stereocenters. The monoisotopic (exact) mass is 351 g/mol. The Hall–Kier alpha value is -0.730. The summed E-state index contributed by atoms with van der Waals surface area (Å²) in [5.41, 5.74) is 0. The van der Waals surface area contributed by atoms with Crippen LogP contribution in [0.15, 0.2) is 28.7 Å². The molecule has 1 N–H and O–H groups in total. The average molecular weight is 352 g/mol. The first-order valence-electron chi connectivity index (χ1n) is 5.60. The maximum absolute atomic E-state index is 12.1. The number of hydrogen-bond donors (Lipinski definition) is 1. The van der Waals surface area contributed by atoms with Crippen LogP contribution in [0.2, 0.25) is 10.2 Å². The lowest BCUT2D eigenvalue weighted by Gasteiger charge is -2.11. The largest absolute Gasteiger partial charge is 0.249 e. The van der Waals surface area contributed by atoms with Gasteiger partial charge in [0.25, 0.3) is 0 Å². The predicted molar refractivity (Wildman–Crippen MR) is 80.0 cm³/mol. The molecule has 0 aliphatic rings. The van der Waals surface area contributed by atoms with Gasteiger partial charge in [-0.15, -0.1) is 11.3 Å². The minimum absolute atomic E-state index is 0.0134. The average Bonchev–Trinajstić information content (AvgIpc) is 2.93. The molecular formula is C11H11Cl2N3O2S2. The zero-order chi connectivity index (χ0) is 14.8. The molecule has 0 aliphatic carbocycles. The van der Waals surface area contributed by atoms with E-state index >= 15 is 0 Å². The van der Waals surface area contributed by atoms with Crippen molar-refractivity contribution in [3.8, 4) is 0 Å². The molecule has 2 aromatic rings. The number of rotatable bonds is 5. The second-order valence-corrected chi connectivity index (χ2v) is 7.53. The molecule has 20 heavy (non-hydrogen) atoms. The summed E-state index contributed by atoms with van der Waals surface area (Å²) in [6.45, 7) is 2.14. The summed E-state index contributed by atoms with van der Waals surface area (Å²) in [7, 11) is -3.66. The van der Waals surface area contributed by atoms with E-state index in [2.05, 4.69) is 14.7 Å². The SMILES string of the molecule is CC(CNS(=O)(=O)c1cnc(Cl)c(Cl)c1)c1nccs1. The number of aromatic nitrogens is 2. The lowest BCUT2D eigenvalue weighted by atomic mass is 10.2. The first-order chi connectivity index (χ1) is 9.40. The lowest BCUT2D eigenvalue weighted by Crippen LogP contribution is -2.27. The topological polar surface area (TPSA) is 72.0 Å². The van der Waals surface area contributed by atoms with Gasteiger partial charge in [-0.1, -0.05) is 30.1 Å². The third-order valence-electron chi connectivity index (χ3n) is 2.53. The zero-order valence-corrected chi connectivity index (χ0v) is 13.5. The summed E-state index contributed by atoms with van der Waals surface area (Å²) in [5, 5.41) is 2.90. The Labute approximate surface area is 131 Å². The van der Waals surface area contributed by atoms with Crippen LogP contribution in [0.4, 0.5) is 0 Å². The molecule has 0 amide bonds. The fourth-order valence-electron chi connectivity index (χ4n) is 1.43. The Bertz CT molecular complexity index is 690. The van der Waals surface area contributed by atoms with E-state index in [0.29, 0.717) is 0 Å². The van der Waals surface area contributed by atoms with Crippen molar-refractivity contribution in [1.82, 2.24) is 14.7 Å². The highest BCUT2D eigenvalue weighted by atomic mass is 35.5. The van der Waals surface area contributed by atoms with E-state index in [4.69, 9.17) is 23.2 Å². The van der Waals surface area contributed by atoms with Crippen molar-refractivity contribution < 1.29 is 8.42 Å². The highest BCUT2D eigenvalue weighted by Gasteiger charge is 2.18. The summed E-state index contributed by atoms with van der Waals surface area (Å²) < 4.78 is 26.7. The minimum Gasteiger partial charge on any atom is -0.249 e. The molecule has 108 valence electrons. The number of sulfonamides is 1. The van der Waals surface area contributed by atoms with Gasteiger partial charge < -0.3 is 0 Å². The van der Waals surface area contributed by atoms with E-state index in [0.717, 1.165) is 5.01 Å². The number of hydrogen-bond acceptors (Lipinski definition) is 5. The summed E-state index contributed by atoms with van der Waals surface area (Å²) in [4.78, 5) is 7.86. The molecule has 5 nitrogen and oxygen atoms in total. The van der Waals surface area contributed by atoms with Crippen LogP contribution >= 0.6 is 34.5 Å². The molecule has 0 spiro atoms. The standard InChI is InChI=1S/C11H11Cl2N3O2S2/c1-7(11-14-2-3-19-11)5-16-20(17,18)8-4-9(12)10(13)15-6-8/h2-4,6-7,16H,5H2,1H3. The number of halogens is 2. The van der Waals surface area contributed by atoms with E-state index < -0.39 is 10.0 Å². The first kappa shape index (κ1) is 15.7. The smallest absolute Gasteiger partial charge is 0.242 e. The molecule has 0 radical (unpaired) electrons. The number of thiazole rings is 1. The third kappa shape index (κ3) is 3.67. The second-order valence-electron chi connectivity index (χ2n) is 4.07. The molecule has 1 unspecified atom stereocenters. The Morgan fingerprint density at radius 2 is 2.15 bits per heavy atom. The second kappa shape index (κ2) is 6.36. The molecule has 0 aliphatic heterocycles. The van der Waals surface area contributed by atoms with E-state index in [9.17, 15) is 8.42 Å². The first-order valence-corrected chi connectivity index (χ1v) is 8.72. The molecule has 0 saturated carbocycles. The van der Waals surface area contributed by atoms with Crippen LogP contribution in [0.5, 0.6) is 0 Å². The van der Waals surface area contributed by atoms with Crippen LogP contribution in [0, 0.1) is 0 Å². The van der Waals surface area contributed by atoms with Crippen molar-refractivity contribution in [2.24, 2.45) is 0 Å². The van der Waals surface area contributed by atoms with Crippen LogP contribution in [-0.4, -0.2) is 24.9 Å². The maximum atomic E-state index is 12.1. The van der Waals surface area contributed by atoms with Gasteiger partial charge in [-0.2, -0.15) is 0 Å². The Morgan fingerprint density at radius 3 is 2.75 bits per heavy atom. The number of nitrogens with zero attached hydrogens (tertiary/aromatic N) is 2. The van der Waals surface area contributed by atoms with Gasteiger partial charge in [0.15, 0.2) is 0 Å². The van der Waals surface area contributed by atoms with Crippen LogP contribution in [0.25, 0.3) is 0 Å². The van der Waals surface area contributed by atoms with Crippen LogP contribution in [0.3, 0.4) is 0 Å². The molecule has 2 heterocycles. The van der Waals surface area contributed by atoms with Crippen LogP contribution < -0.4 is 4.72 Å². The molecule has 0 bridgehead atoms. The zero-order valence-electron chi connectivity index (χ0n) is 10.4. The van der Waals surface area contributed by atoms with Gasteiger partial charge in [-0.25, -0.2) is 23.1 Å². The predicted octanol–water partition coefficient (Wildman–Crippen LogP) is 2.93. The van der Waals surface area contributed by atoms with Crippen molar-refractivity contribution in [3.05, 3.63) is 39.0 Å². The van der Waals surface area contributed by atoms with Gasteiger partial charge >= 0.3 is 0 Å². The molecule has 2 aromatic heterocycles. The fourth-order valence-corrected chi connectivity index (χ4v) is 3.57. The van der Waals surface area contributed by atoms with Gasteiger partial charge in [0.1, 0.15) is 10.0 Å². The normalized spacial score (nSPS) is 13.3. The lowest BCUT2D eigenvalue weighted by molar-refractivity contribution is 0.574. The summed E-state index contributed by atoms with van der Waals surface area (Å²) in [6, 6.07) is 1.27. The van der Waals surface area contributed by atoms with Gasteiger partial charge in [0.2, 0.25) is 10.0 Å². The molecule has 0 saturated heterocycles. The van der Waals surface area contributed by atoms with E-state index in [1.807, 2.05) is 12.3 Å². The third-order valence-corrected chi connectivity index (χ3v) is 5.62. The van der Waals surface area contributed by atoms with Crippen LogP contribution in [0.1, 0.15) is 17.8 Å². The van der Waals surface area contributed by atoms with Gasteiger partial charge in [0, 0.05) is 30.2 Å². The quantitative estimate of drug-likeness (QED) is 0.840. The maximum Gasteiger partial charge on any atom is 0.242 e. The fraction of sp³-hybridized carbons (Fsp3) is 0.273. The highest BCUT2D eigenvalue weighted by Crippen LogP contribution is 2.22. The Balaban J connectivity index is 2.09. The van der Waals surface area contributed by atoms with Crippen molar-refractivity contribution in [2.75, 3.05) is 6.54 Å². The van der Waals surface area contributed by atoms with Gasteiger partial charge in [-0.05, 0) is 6.07 Å². The molecule has 0 aromatic carbocycles.